The van der Waals surface area contributed by atoms with Crippen LogP contribution in [0.1, 0.15) is 10.4 Å². The smallest absolute Gasteiger partial charge is 0.261 e. The van der Waals surface area contributed by atoms with Crippen molar-refractivity contribution >= 4 is 57.8 Å². The Morgan fingerprint density at radius 1 is 1.10 bits per heavy atom. The van der Waals surface area contributed by atoms with Crippen LogP contribution in [-0.4, -0.2) is 30.8 Å². The molecular formula is C11H5Cl3N6O. The van der Waals surface area contributed by atoms with E-state index in [9.17, 15) is 4.79 Å². The van der Waals surface area contributed by atoms with Gasteiger partial charge in [-0.15, -0.1) is 0 Å². The first-order valence-electron chi connectivity index (χ1n) is 5.54. The molecule has 0 aliphatic rings. The molecule has 0 aromatic carbocycles. The normalized spacial score (nSPS) is 10.8. The predicted octanol–water partition coefficient (Wildman–Crippen LogP) is 2.96. The quantitative estimate of drug-likeness (QED) is 0.551. The highest BCUT2D eigenvalue weighted by atomic mass is 35.5. The average Bonchev–Trinajstić information content (AvgIpc) is 2.87. The predicted molar refractivity (Wildman–Crippen MR) is 78.9 cm³/mol. The van der Waals surface area contributed by atoms with Crippen molar-refractivity contribution in [2.24, 2.45) is 0 Å². The zero-order valence-electron chi connectivity index (χ0n) is 10.1. The summed E-state index contributed by atoms with van der Waals surface area (Å²) < 4.78 is 0. The average molecular weight is 344 g/mol. The van der Waals surface area contributed by atoms with Crippen LogP contribution in [0.25, 0.3) is 11.2 Å². The number of rotatable bonds is 2. The number of H-pyrrole nitrogens is 1. The number of aromatic nitrogens is 5. The summed E-state index contributed by atoms with van der Waals surface area (Å²) in [5.41, 5.74) is 0.967. The molecule has 3 aromatic heterocycles. The van der Waals surface area contributed by atoms with Gasteiger partial charge in [-0.2, -0.15) is 9.97 Å². The SMILES string of the molecule is O=C(Nc1nc(Cl)c2[nH]cnc2n1)c1ccc(Cl)nc1Cl. The van der Waals surface area contributed by atoms with Gasteiger partial charge >= 0.3 is 0 Å². The van der Waals surface area contributed by atoms with Gasteiger partial charge in [-0.05, 0) is 12.1 Å². The third-order valence-corrected chi connectivity index (χ3v) is 3.30. The lowest BCUT2D eigenvalue weighted by atomic mass is 10.3. The largest absolute Gasteiger partial charge is 0.341 e. The molecule has 0 aliphatic carbocycles. The van der Waals surface area contributed by atoms with E-state index >= 15 is 0 Å². The Kier molecular flexibility index (Phi) is 3.62. The van der Waals surface area contributed by atoms with E-state index in [0.29, 0.717) is 11.2 Å². The molecule has 1 amide bonds. The molecule has 3 heterocycles. The van der Waals surface area contributed by atoms with Gasteiger partial charge in [0, 0.05) is 0 Å². The first-order chi connectivity index (χ1) is 10.0. The number of nitrogens with zero attached hydrogens (tertiary/aromatic N) is 4. The number of hydrogen-bond acceptors (Lipinski definition) is 5. The summed E-state index contributed by atoms with van der Waals surface area (Å²) in [6.07, 6.45) is 1.43. The van der Waals surface area contributed by atoms with Crippen molar-refractivity contribution < 1.29 is 4.79 Å². The second-order valence-corrected chi connectivity index (χ2v) is 4.97. The van der Waals surface area contributed by atoms with Gasteiger partial charge in [0.1, 0.15) is 15.8 Å². The number of halogens is 3. The molecule has 0 fully saturated rings. The van der Waals surface area contributed by atoms with Crippen molar-refractivity contribution in [1.82, 2.24) is 24.9 Å². The van der Waals surface area contributed by atoms with Crippen LogP contribution < -0.4 is 5.32 Å². The number of fused-ring (bicyclic) bond motifs is 1. The van der Waals surface area contributed by atoms with E-state index in [2.05, 4.69) is 30.2 Å². The molecule has 0 saturated carbocycles. The Hall–Kier alpha value is -1.96. The number of amides is 1. The molecule has 0 radical (unpaired) electrons. The van der Waals surface area contributed by atoms with Crippen molar-refractivity contribution in [3.63, 3.8) is 0 Å². The van der Waals surface area contributed by atoms with Gasteiger partial charge in [-0.3, -0.25) is 10.1 Å². The minimum atomic E-state index is -0.532. The molecule has 3 rings (SSSR count). The second-order valence-electron chi connectivity index (χ2n) is 3.87. The van der Waals surface area contributed by atoms with Gasteiger partial charge in [0.2, 0.25) is 5.95 Å². The summed E-state index contributed by atoms with van der Waals surface area (Å²) in [6, 6.07) is 2.90. The van der Waals surface area contributed by atoms with E-state index in [0.717, 1.165) is 0 Å². The Labute approximate surface area is 132 Å². The van der Waals surface area contributed by atoms with E-state index < -0.39 is 5.91 Å². The molecule has 0 spiro atoms. The van der Waals surface area contributed by atoms with Crippen LogP contribution in [0.4, 0.5) is 5.95 Å². The summed E-state index contributed by atoms with van der Waals surface area (Å²) in [4.78, 5) is 30.6. The summed E-state index contributed by atoms with van der Waals surface area (Å²) in [7, 11) is 0. The lowest BCUT2D eigenvalue weighted by molar-refractivity contribution is 0.102. The zero-order valence-corrected chi connectivity index (χ0v) is 12.3. The van der Waals surface area contributed by atoms with Gasteiger partial charge in [-0.1, -0.05) is 34.8 Å². The Bertz CT molecular complexity index is 849. The van der Waals surface area contributed by atoms with Crippen molar-refractivity contribution in [2.75, 3.05) is 5.32 Å². The fraction of sp³-hybridized carbons (Fsp3) is 0. The first kappa shape index (κ1) is 14.0. The van der Waals surface area contributed by atoms with Crippen LogP contribution in [0.5, 0.6) is 0 Å². The molecule has 106 valence electrons. The monoisotopic (exact) mass is 342 g/mol. The third-order valence-electron chi connectivity index (χ3n) is 2.53. The summed E-state index contributed by atoms with van der Waals surface area (Å²) in [5, 5.41) is 2.79. The second kappa shape index (κ2) is 5.44. The molecule has 0 aliphatic heterocycles. The van der Waals surface area contributed by atoms with Gasteiger partial charge in [-0.25, -0.2) is 9.97 Å². The van der Waals surface area contributed by atoms with Crippen LogP contribution >= 0.6 is 34.8 Å². The molecule has 0 atom stereocenters. The maximum Gasteiger partial charge on any atom is 0.261 e. The number of anilines is 1. The van der Waals surface area contributed by atoms with E-state index in [1.807, 2.05) is 0 Å². The molecule has 0 unspecified atom stereocenters. The van der Waals surface area contributed by atoms with E-state index in [4.69, 9.17) is 34.8 Å². The highest BCUT2D eigenvalue weighted by Gasteiger charge is 2.15. The summed E-state index contributed by atoms with van der Waals surface area (Å²) in [5.74, 6) is -0.522. The maximum absolute atomic E-state index is 12.1. The fourth-order valence-corrected chi connectivity index (χ4v) is 2.25. The molecule has 7 nitrogen and oxygen atoms in total. The van der Waals surface area contributed by atoms with Crippen molar-refractivity contribution in [2.45, 2.75) is 0 Å². The van der Waals surface area contributed by atoms with Crippen LogP contribution in [0.15, 0.2) is 18.5 Å². The number of aromatic amines is 1. The topological polar surface area (TPSA) is 96.5 Å². The minimum absolute atomic E-state index is 0.00983. The van der Waals surface area contributed by atoms with Crippen LogP contribution in [0.3, 0.4) is 0 Å². The van der Waals surface area contributed by atoms with Gasteiger partial charge in [0.05, 0.1) is 11.9 Å². The molecule has 2 N–H and O–H groups in total. The van der Waals surface area contributed by atoms with E-state index in [1.165, 1.54) is 18.5 Å². The lowest BCUT2D eigenvalue weighted by Gasteiger charge is -2.05. The standard InChI is InChI=1S/C11H5Cl3N6O/c12-5-2-1-4(7(13)17-5)10(21)20-11-18-8(14)6-9(19-11)16-3-15-6/h1-3H,(H2,15,16,18,19,20,21). The highest BCUT2D eigenvalue weighted by Crippen LogP contribution is 2.20. The fourth-order valence-electron chi connectivity index (χ4n) is 1.60. The molecule has 0 saturated heterocycles. The number of hydrogen-bond donors (Lipinski definition) is 2. The van der Waals surface area contributed by atoms with E-state index in [1.54, 1.807) is 0 Å². The summed E-state index contributed by atoms with van der Waals surface area (Å²) in [6.45, 7) is 0. The number of carbonyl (C=O) groups excluding carboxylic acids is 1. The molecule has 21 heavy (non-hydrogen) atoms. The number of carbonyl (C=O) groups is 1. The van der Waals surface area contributed by atoms with E-state index in [-0.39, 0.29) is 27.0 Å². The van der Waals surface area contributed by atoms with Gasteiger partial charge < -0.3 is 4.98 Å². The molecule has 10 heteroatoms. The molecule has 3 aromatic rings. The summed E-state index contributed by atoms with van der Waals surface area (Å²) >= 11 is 17.5. The van der Waals surface area contributed by atoms with Crippen molar-refractivity contribution in [3.8, 4) is 0 Å². The Balaban J connectivity index is 1.92. The number of nitrogens with one attached hydrogen (secondary N) is 2. The highest BCUT2D eigenvalue weighted by molar-refractivity contribution is 6.35. The lowest BCUT2D eigenvalue weighted by Crippen LogP contribution is -2.15. The number of pyridine rings is 1. The minimum Gasteiger partial charge on any atom is -0.341 e. The van der Waals surface area contributed by atoms with Gasteiger partial charge in [0.25, 0.3) is 5.91 Å². The van der Waals surface area contributed by atoms with Crippen LogP contribution in [0.2, 0.25) is 15.5 Å². The van der Waals surface area contributed by atoms with Crippen LogP contribution in [0, 0.1) is 0 Å². The third kappa shape index (κ3) is 2.76. The first-order valence-corrected chi connectivity index (χ1v) is 6.68. The number of imidazole rings is 1. The van der Waals surface area contributed by atoms with Crippen molar-refractivity contribution in [3.05, 3.63) is 39.5 Å². The van der Waals surface area contributed by atoms with Crippen LogP contribution in [-0.2, 0) is 0 Å². The Morgan fingerprint density at radius 3 is 2.67 bits per heavy atom. The maximum atomic E-state index is 12.1. The van der Waals surface area contributed by atoms with Gasteiger partial charge in [0.15, 0.2) is 10.8 Å². The molecular weight excluding hydrogens is 339 g/mol. The van der Waals surface area contributed by atoms with Crippen molar-refractivity contribution in [1.29, 1.82) is 0 Å². The zero-order chi connectivity index (χ0) is 15.0. The molecule has 0 bridgehead atoms. The Morgan fingerprint density at radius 2 is 1.90 bits per heavy atom.